The second-order valence-electron chi connectivity index (χ2n) is 14.6. The van der Waals surface area contributed by atoms with Gasteiger partial charge in [-0.3, -0.25) is 33.6 Å². The molecule has 284 valence electrons. The molecule has 0 saturated carbocycles. The van der Waals surface area contributed by atoms with Crippen LogP contribution in [0.2, 0.25) is 0 Å². The Bertz CT molecular complexity index is 2460. The van der Waals surface area contributed by atoms with E-state index in [0.29, 0.717) is 66.2 Å². The normalized spacial score (nSPS) is 22.6. The summed E-state index contributed by atoms with van der Waals surface area (Å²) in [5.74, 6) is -3.67. The van der Waals surface area contributed by atoms with Crippen LogP contribution in [0.3, 0.4) is 0 Å². The highest BCUT2D eigenvalue weighted by molar-refractivity contribution is 7.92. The van der Waals surface area contributed by atoms with Crippen LogP contribution >= 0.6 is 0 Å². The zero-order chi connectivity index (χ0) is 38.3. The first-order chi connectivity index (χ1) is 25.6. The molecule has 1 unspecified atom stereocenters. The summed E-state index contributed by atoms with van der Waals surface area (Å²) in [4.78, 5) is 66.5. The van der Waals surface area contributed by atoms with Gasteiger partial charge in [0.25, 0.3) is 5.91 Å². The molecule has 4 saturated heterocycles. The SMILES string of the molecule is Cn1c(=O)n(C2CCC(=O)NC2=O)c2ccc(N3CCC(O)(CC(=O)N4CC[C@@H](c5ccc6cc(O)c(N7CC(=O)NS7(=O)=O)c(F)c6c5)C4)CC3)cc21. The highest BCUT2D eigenvalue weighted by Gasteiger charge is 2.40. The zero-order valence-electron chi connectivity index (χ0n) is 29.2. The number of piperidine rings is 2. The third-order valence-corrected chi connectivity index (χ3v) is 12.7. The molecule has 54 heavy (non-hydrogen) atoms. The molecule has 2 atom stereocenters. The number of aromatic nitrogens is 2. The summed E-state index contributed by atoms with van der Waals surface area (Å²) < 4.78 is 45.8. The minimum absolute atomic E-state index is 0.0638. The van der Waals surface area contributed by atoms with Gasteiger partial charge in [-0.05, 0) is 67.0 Å². The fourth-order valence-corrected chi connectivity index (χ4v) is 9.43. The van der Waals surface area contributed by atoms with Crippen molar-refractivity contribution in [3.8, 4) is 5.75 Å². The predicted octanol–water partition coefficient (Wildman–Crippen LogP) is 1.23. The molecule has 4 N–H and O–H groups in total. The predicted molar refractivity (Wildman–Crippen MR) is 194 cm³/mol. The van der Waals surface area contributed by atoms with Crippen LogP contribution in [0.1, 0.15) is 56.0 Å². The van der Waals surface area contributed by atoms with Gasteiger partial charge in [0.1, 0.15) is 24.0 Å². The quantitative estimate of drug-likeness (QED) is 0.207. The van der Waals surface area contributed by atoms with Gasteiger partial charge in [0.15, 0.2) is 5.82 Å². The van der Waals surface area contributed by atoms with Crippen molar-refractivity contribution in [2.45, 2.75) is 56.1 Å². The molecule has 0 bridgehead atoms. The molecule has 4 aliphatic heterocycles. The van der Waals surface area contributed by atoms with Crippen molar-refractivity contribution in [2.75, 3.05) is 41.9 Å². The Morgan fingerprint density at radius 1 is 0.981 bits per heavy atom. The Labute approximate surface area is 307 Å². The summed E-state index contributed by atoms with van der Waals surface area (Å²) in [6.07, 6.45) is 1.57. The number of likely N-dealkylation sites (tertiary alicyclic amines) is 1. The first-order valence-electron chi connectivity index (χ1n) is 17.7. The number of nitrogens with zero attached hydrogens (tertiary/aromatic N) is 5. The van der Waals surface area contributed by atoms with Gasteiger partial charge in [-0.1, -0.05) is 12.1 Å². The van der Waals surface area contributed by atoms with E-state index in [2.05, 4.69) is 10.2 Å². The summed E-state index contributed by atoms with van der Waals surface area (Å²) in [6, 6.07) is 10.9. The number of carbonyl (C=O) groups excluding carboxylic acids is 4. The molecule has 0 aliphatic carbocycles. The molecular formula is C36H38FN7O9S. The molecule has 4 aliphatic rings. The number of hydrogen-bond donors (Lipinski definition) is 4. The lowest BCUT2D eigenvalue weighted by molar-refractivity contribution is -0.137. The number of benzene rings is 3. The second kappa shape index (κ2) is 12.8. The van der Waals surface area contributed by atoms with Crippen molar-refractivity contribution in [3.63, 3.8) is 0 Å². The van der Waals surface area contributed by atoms with E-state index in [1.54, 1.807) is 40.9 Å². The molecule has 5 heterocycles. The van der Waals surface area contributed by atoms with E-state index in [1.165, 1.54) is 15.2 Å². The summed E-state index contributed by atoms with van der Waals surface area (Å²) in [7, 11) is -2.73. The van der Waals surface area contributed by atoms with Gasteiger partial charge in [0, 0.05) is 56.6 Å². The van der Waals surface area contributed by atoms with Gasteiger partial charge in [0.2, 0.25) is 17.7 Å². The second-order valence-corrected chi connectivity index (χ2v) is 16.2. The van der Waals surface area contributed by atoms with Crippen molar-refractivity contribution in [3.05, 3.63) is 64.3 Å². The lowest BCUT2D eigenvalue weighted by Gasteiger charge is -2.39. The number of nitrogens with one attached hydrogen (secondary N) is 2. The van der Waals surface area contributed by atoms with Gasteiger partial charge >= 0.3 is 15.9 Å². The van der Waals surface area contributed by atoms with Crippen LogP contribution in [0.15, 0.2) is 47.3 Å². The number of amides is 4. The van der Waals surface area contributed by atoms with Crippen LogP contribution in [0.4, 0.5) is 15.8 Å². The van der Waals surface area contributed by atoms with Crippen molar-refractivity contribution >= 4 is 67.0 Å². The largest absolute Gasteiger partial charge is 0.506 e. The van der Waals surface area contributed by atoms with Gasteiger partial charge in [-0.25, -0.2) is 18.2 Å². The molecule has 4 amide bonds. The maximum Gasteiger partial charge on any atom is 0.329 e. The van der Waals surface area contributed by atoms with Crippen LogP contribution in [-0.2, 0) is 36.4 Å². The molecule has 3 aromatic carbocycles. The number of fused-ring (bicyclic) bond motifs is 2. The maximum atomic E-state index is 15.8. The molecule has 4 fully saturated rings. The Hall–Kier alpha value is -5.49. The summed E-state index contributed by atoms with van der Waals surface area (Å²) in [5.41, 5.74) is 0.555. The number of aliphatic hydroxyl groups is 1. The first kappa shape index (κ1) is 35.5. The fourth-order valence-electron chi connectivity index (χ4n) is 8.27. The lowest BCUT2D eigenvalue weighted by atomic mass is 9.87. The number of imidazole rings is 1. The zero-order valence-corrected chi connectivity index (χ0v) is 30.1. The number of phenols is 1. The summed E-state index contributed by atoms with van der Waals surface area (Å²) in [6.45, 7) is 1.04. The highest BCUT2D eigenvalue weighted by atomic mass is 32.2. The third-order valence-electron chi connectivity index (χ3n) is 11.3. The van der Waals surface area contributed by atoms with E-state index in [4.69, 9.17) is 0 Å². The fraction of sp³-hybridized carbons (Fsp3) is 0.417. The molecule has 16 nitrogen and oxygen atoms in total. The topological polar surface area (TPSA) is 204 Å². The van der Waals surface area contributed by atoms with Gasteiger partial charge in [-0.15, -0.1) is 0 Å². The van der Waals surface area contributed by atoms with Crippen molar-refractivity contribution < 1.29 is 42.2 Å². The Balaban J connectivity index is 0.922. The number of aryl methyl sites for hydroxylation is 1. The Kier molecular flexibility index (Phi) is 8.44. The monoisotopic (exact) mass is 763 g/mol. The minimum atomic E-state index is -4.36. The number of hydrogen-bond acceptors (Lipinski definition) is 10. The number of anilines is 2. The van der Waals surface area contributed by atoms with Crippen LogP contribution in [-0.4, -0.2) is 94.6 Å². The maximum absolute atomic E-state index is 15.8. The van der Waals surface area contributed by atoms with E-state index in [0.717, 1.165) is 11.3 Å². The van der Waals surface area contributed by atoms with Crippen LogP contribution < -0.4 is 24.9 Å². The summed E-state index contributed by atoms with van der Waals surface area (Å²) in [5, 5.41) is 24.7. The van der Waals surface area contributed by atoms with Gasteiger partial charge in [-0.2, -0.15) is 8.42 Å². The average Bonchev–Trinajstić information content (AvgIpc) is 3.79. The number of rotatable bonds is 6. The number of carbonyl (C=O) groups is 4. The van der Waals surface area contributed by atoms with E-state index < -0.39 is 57.5 Å². The Morgan fingerprint density at radius 2 is 1.74 bits per heavy atom. The molecule has 0 spiro atoms. The molecule has 1 aromatic heterocycles. The minimum Gasteiger partial charge on any atom is -0.506 e. The van der Waals surface area contributed by atoms with E-state index >= 15 is 4.39 Å². The molecule has 4 aromatic rings. The molecule has 8 rings (SSSR count). The van der Waals surface area contributed by atoms with Crippen molar-refractivity contribution in [1.82, 2.24) is 24.1 Å². The van der Waals surface area contributed by atoms with Crippen LogP contribution in [0.25, 0.3) is 21.8 Å². The van der Waals surface area contributed by atoms with Crippen LogP contribution in [0, 0.1) is 5.82 Å². The lowest BCUT2D eigenvalue weighted by Crippen LogP contribution is -2.47. The third kappa shape index (κ3) is 6.02. The number of halogens is 1. The highest BCUT2D eigenvalue weighted by Crippen LogP contribution is 2.40. The standard InChI is InChI=1S/C36H38FN7O9S/c1-40-27-16-23(4-5-25(27)44(35(40)50)26-6-7-29(46)38-34(26)49)41-12-9-36(51,10-13-41)17-31(48)42-11-8-22(18-42)20-2-3-21-15-28(45)33(32(37)24(21)14-20)43-19-30(47)39-54(43,52)53/h2-5,14-16,22,26,45,51H,6-13,17-19H2,1H3,(H,39,47)(H,38,46,49)/t22-,26?/m1/s1. The van der Waals surface area contributed by atoms with Gasteiger partial charge in [0.05, 0.1) is 23.1 Å². The Morgan fingerprint density at radius 3 is 2.44 bits per heavy atom. The average molecular weight is 764 g/mol. The van der Waals surface area contributed by atoms with E-state index in [1.807, 2.05) is 12.1 Å². The van der Waals surface area contributed by atoms with Gasteiger partial charge < -0.3 is 20.0 Å². The van der Waals surface area contributed by atoms with Crippen LogP contribution in [0.5, 0.6) is 5.75 Å². The summed E-state index contributed by atoms with van der Waals surface area (Å²) >= 11 is 0. The number of aromatic hydroxyl groups is 1. The molecule has 0 radical (unpaired) electrons. The van der Waals surface area contributed by atoms with E-state index in [-0.39, 0.29) is 48.1 Å². The van der Waals surface area contributed by atoms with Crippen molar-refractivity contribution in [1.29, 1.82) is 0 Å². The number of phenolic OH excluding ortho intramolecular Hbond substituents is 1. The first-order valence-corrected chi connectivity index (χ1v) is 19.1. The number of imide groups is 1. The molecule has 18 heteroatoms. The smallest absolute Gasteiger partial charge is 0.329 e. The van der Waals surface area contributed by atoms with Crippen molar-refractivity contribution in [2.24, 2.45) is 7.05 Å². The molecular weight excluding hydrogens is 726 g/mol. The van der Waals surface area contributed by atoms with E-state index in [9.17, 15) is 42.6 Å².